The van der Waals surface area contributed by atoms with Gasteiger partial charge in [-0.2, -0.15) is 0 Å². The number of ether oxygens (including phenoxy) is 1. The average molecular weight is 258 g/mol. The summed E-state index contributed by atoms with van der Waals surface area (Å²) in [5.41, 5.74) is 1.17. The molecule has 0 amide bonds. The maximum absolute atomic E-state index is 10.6. The summed E-state index contributed by atoms with van der Waals surface area (Å²) in [6.07, 6.45) is 0.719. The number of hydrogen-bond donors (Lipinski definition) is 2. The Morgan fingerprint density at radius 2 is 2.06 bits per heavy atom. The fraction of sp³-hybridized carbons (Fsp3) is 0.500. The van der Waals surface area contributed by atoms with Crippen LogP contribution in [0.5, 0.6) is 5.75 Å². The maximum Gasteiger partial charge on any atom is 0.328 e. The van der Waals surface area contributed by atoms with Crippen molar-refractivity contribution in [1.82, 2.24) is 0 Å². The van der Waals surface area contributed by atoms with Crippen molar-refractivity contribution in [3.8, 4) is 5.75 Å². The summed E-state index contributed by atoms with van der Waals surface area (Å²) in [6, 6.07) is 7.63. The van der Waals surface area contributed by atoms with E-state index in [2.05, 4.69) is 13.8 Å². The van der Waals surface area contributed by atoms with Crippen LogP contribution in [0, 0.1) is 5.92 Å². The second-order valence-corrected chi connectivity index (χ2v) is 6.26. The van der Waals surface area contributed by atoms with E-state index in [4.69, 9.17) is 14.5 Å². The van der Waals surface area contributed by atoms with Crippen molar-refractivity contribution >= 4 is 7.60 Å². The van der Waals surface area contributed by atoms with Gasteiger partial charge in [0.05, 0.1) is 12.8 Å². The van der Waals surface area contributed by atoms with Crippen molar-refractivity contribution in [1.29, 1.82) is 0 Å². The van der Waals surface area contributed by atoms with E-state index in [1.165, 1.54) is 5.56 Å². The third kappa shape index (κ3) is 6.47. The van der Waals surface area contributed by atoms with Gasteiger partial charge < -0.3 is 14.5 Å². The van der Waals surface area contributed by atoms with E-state index in [-0.39, 0.29) is 12.8 Å². The van der Waals surface area contributed by atoms with Gasteiger partial charge in [0.2, 0.25) is 0 Å². The minimum atomic E-state index is -3.96. The Balaban J connectivity index is 2.51. The number of benzene rings is 1. The van der Waals surface area contributed by atoms with Gasteiger partial charge in [-0.3, -0.25) is 4.57 Å². The van der Waals surface area contributed by atoms with Gasteiger partial charge in [0, 0.05) is 0 Å². The molecule has 0 radical (unpaired) electrons. The Labute approximate surface area is 102 Å². The summed E-state index contributed by atoms with van der Waals surface area (Å²) in [5, 5.41) is 0. The molecule has 0 aliphatic rings. The molecule has 0 bridgehead atoms. The van der Waals surface area contributed by atoms with Crippen molar-refractivity contribution in [2.24, 2.45) is 5.92 Å². The summed E-state index contributed by atoms with van der Waals surface area (Å²) in [7, 11) is -3.96. The molecule has 0 unspecified atom stereocenters. The molecule has 1 aromatic rings. The third-order valence-corrected chi connectivity index (χ3v) is 2.96. The van der Waals surface area contributed by atoms with Gasteiger partial charge in [0.15, 0.2) is 0 Å². The van der Waals surface area contributed by atoms with Crippen molar-refractivity contribution in [3.63, 3.8) is 0 Å². The molecular weight excluding hydrogens is 239 g/mol. The highest BCUT2D eigenvalue weighted by Gasteiger charge is 2.12. The molecule has 1 rings (SSSR count). The molecule has 0 saturated carbocycles. The quantitative estimate of drug-likeness (QED) is 0.769. The lowest BCUT2D eigenvalue weighted by molar-refractivity contribution is 0.315. The molecule has 0 fully saturated rings. The van der Waals surface area contributed by atoms with Gasteiger partial charge in [0.1, 0.15) is 5.75 Å². The molecule has 5 heteroatoms. The molecule has 2 N–H and O–H groups in total. The van der Waals surface area contributed by atoms with Gasteiger partial charge in [0.25, 0.3) is 0 Å². The zero-order chi connectivity index (χ0) is 12.9. The van der Waals surface area contributed by atoms with Crippen LogP contribution >= 0.6 is 7.60 Å². The molecule has 1 aromatic carbocycles. The number of hydrogen-bond acceptors (Lipinski definition) is 2. The Morgan fingerprint density at radius 3 is 2.65 bits per heavy atom. The topological polar surface area (TPSA) is 66.8 Å². The van der Waals surface area contributed by atoms with Crippen molar-refractivity contribution in [2.75, 3.05) is 12.8 Å². The van der Waals surface area contributed by atoms with Gasteiger partial charge in [-0.05, 0) is 30.0 Å². The summed E-state index contributed by atoms with van der Waals surface area (Å²) < 4.78 is 16.0. The van der Waals surface area contributed by atoms with Crippen molar-refractivity contribution < 1.29 is 19.1 Å². The average Bonchev–Trinajstić information content (AvgIpc) is 2.15. The van der Waals surface area contributed by atoms with E-state index in [9.17, 15) is 4.57 Å². The van der Waals surface area contributed by atoms with Gasteiger partial charge in [-0.1, -0.05) is 26.0 Å². The summed E-state index contributed by atoms with van der Waals surface area (Å²) in [5.74, 6) is 1.23. The molecule has 96 valence electrons. The highest BCUT2D eigenvalue weighted by molar-refractivity contribution is 7.51. The molecular formula is C12H19O4P. The molecule has 17 heavy (non-hydrogen) atoms. The Kier molecular flexibility index (Phi) is 5.19. The molecule has 0 atom stereocenters. The highest BCUT2D eigenvalue weighted by atomic mass is 31.2. The molecule has 0 aromatic heterocycles. The number of rotatable bonds is 6. The Morgan fingerprint density at radius 1 is 1.35 bits per heavy atom. The largest absolute Gasteiger partial charge is 0.493 e. The van der Waals surface area contributed by atoms with Crippen LogP contribution < -0.4 is 4.74 Å². The molecule has 0 aliphatic carbocycles. The van der Waals surface area contributed by atoms with E-state index < -0.39 is 7.60 Å². The van der Waals surface area contributed by atoms with E-state index in [0.29, 0.717) is 11.7 Å². The molecule has 0 spiro atoms. The highest BCUT2D eigenvalue weighted by Crippen LogP contribution is 2.33. The van der Waals surface area contributed by atoms with E-state index >= 15 is 0 Å². The summed E-state index contributed by atoms with van der Waals surface area (Å²) in [4.78, 5) is 17.4. The van der Waals surface area contributed by atoms with Crippen LogP contribution in [0.25, 0.3) is 0 Å². The van der Waals surface area contributed by atoms with Crippen LogP contribution in [-0.4, -0.2) is 22.6 Å². The third-order valence-electron chi connectivity index (χ3n) is 2.19. The minimum absolute atomic E-state index is 0.0371. The molecule has 0 aliphatic heterocycles. The van der Waals surface area contributed by atoms with Gasteiger partial charge in [-0.25, -0.2) is 0 Å². The Bertz CT molecular complexity index is 397. The zero-order valence-corrected chi connectivity index (χ0v) is 11.1. The van der Waals surface area contributed by atoms with Crippen LogP contribution in [0.1, 0.15) is 19.4 Å². The lowest BCUT2D eigenvalue weighted by Gasteiger charge is -2.09. The second kappa shape index (κ2) is 6.20. The lowest BCUT2D eigenvalue weighted by atomic mass is 10.0. The van der Waals surface area contributed by atoms with Crippen LogP contribution in [0.2, 0.25) is 0 Å². The first-order valence-electron chi connectivity index (χ1n) is 5.63. The first kappa shape index (κ1) is 14.2. The van der Waals surface area contributed by atoms with E-state index in [0.717, 1.165) is 6.42 Å². The fourth-order valence-electron chi connectivity index (χ4n) is 1.52. The lowest BCUT2D eigenvalue weighted by Crippen LogP contribution is -2.04. The molecule has 0 saturated heterocycles. The second-order valence-electron chi connectivity index (χ2n) is 4.48. The first-order valence-corrected chi connectivity index (χ1v) is 7.43. The van der Waals surface area contributed by atoms with Crippen LogP contribution in [0.15, 0.2) is 24.3 Å². The SMILES string of the molecule is CC(C)Cc1cccc(OCCP(=O)(O)O)c1. The van der Waals surface area contributed by atoms with E-state index in [1.807, 2.05) is 18.2 Å². The zero-order valence-electron chi connectivity index (χ0n) is 10.2. The summed E-state index contributed by atoms with van der Waals surface area (Å²) >= 11 is 0. The minimum Gasteiger partial charge on any atom is -0.493 e. The van der Waals surface area contributed by atoms with Crippen LogP contribution in [0.4, 0.5) is 0 Å². The molecule has 0 heterocycles. The molecule has 4 nitrogen and oxygen atoms in total. The maximum atomic E-state index is 10.6. The first-order chi connectivity index (χ1) is 7.87. The smallest absolute Gasteiger partial charge is 0.328 e. The monoisotopic (exact) mass is 258 g/mol. The predicted molar refractivity (Wildman–Crippen MR) is 67.4 cm³/mol. The van der Waals surface area contributed by atoms with Crippen LogP contribution in [0.3, 0.4) is 0 Å². The van der Waals surface area contributed by atoms with Crippen molar-refractivity contribution in [3.05, 3.63) is 29.8 Å². The van der Waals surface area contributed by atoms with Crippen LogP contribution in [-0.2, 0) is 11.0 Å². The predicted octanol–water partition coefficient (Wildman–Crippen LogP) is 2.44. The van der Waals surface area contributed by atoms with Gasteiger partial charge in [-0.15, -0.1) is 0 Å². The van der Waals surface area contributed by atoms with E-state index in [1.54, 1.807) is 6.07 Å². The van der Waals surface area contributed by atoms with Gasteiger partial charge >= 0.3 is 7.60 Å². The normalized spacial score (nSPS) is 11.8. The van der Waals surface area contributed by atoms with Crippen molar-refractivity contribution in [2.45, 2.75) is 20.3 Å². The summed E-state index contributed by atoms with van der Waals surface area (Å²) in [6.45, 7) is 4.32. The Hall–Kier alpha value is -0.830. The standard InChI is InChI=1S/C12H19O4P/c1-10(2)8-11-4-3-5-12(9-11)16-6-7-17(13,14)15/h3-5,9-10H,6-8H2,1-2H3,(H2,13,14,15). The fourth-order valence-corrected chi connectivity index (χ4v) is 1.85.